The van der Waals surface area contributed by atoms with Crippen molar-refractivity contribution in [3.63, 3.8) is 0 Å². The second-order valence-corrected chi connectivity index (χ2v) is 3.95. The fourth-order valence-corrected chi connectivity index (χ4v) is 1.97. The Balaban J connectivity index is 2.48. The van der Waals surface area contributed by atoms with Gasteiger partial charge in [-0.3, -0.25) is 9.89 Å². The lowest BCUT2D eigenvalue weighted by atomic mass is 10.1. The predicted octanol–water partition coefficient (Wildman–Crippen LogP) is 2.97. The molecule has 0 aliphatic rings. The van der Waals surface area contributed by atoms with Gasteiger partial charge in [0, 0.05) is 10.9 Å². The molecule has 3 nitrogen and oxygen atoms in total. The van der Waals surface area contributed by atoms with Crippen molar-refractivity contribution in [3.05, 3.63) is 28.1 Å². The molecule has 0 aliphatic carbocycles. The second kappa shape index (κ2) is 3.75. The number of aromatic nitrogens is 2. The van der Waals surface area contributed by atoms with Crippen LogP contribution in [-0.4, -0.2) is 16.5 Å². The summed E-state index contributed by atoms with van der Waals surface area (Å²) in [6.45, 7) is 0. The molecule has 0 aliphatic heterocycles. The maximum Gasteiger partial charge on any atom is 0.420 e. The van der Waals surface area contributed by atoms with Gasteiger partial charge in [-0.25, -0.2) is 0 Å². The first-order valence-electron chi connectivity index (χ1n) is 4.17. The van der Waals surface area contributed by atoms with E-state index in [1.54, 1.807) is 0 Å². The van der Waals surface area contributed by atoms with Gasteiger partial charge in [-0.1, -0.05) is 0 Å². The largest absolute Gasteiger partial charge is 0.420 e. The molecule has 0 atom stereocenters. The van der Waals surface area contributed by atoms with Crippen molar-refractivity contribution in [1.82, 2.24) is 10.2 Å². The number of hydrogen-bond donors (Lipinski definition) is 1. The van der Waals surface area contributed by atoms with Gasteiger partial charge in [0.05, 0.1) is 16.8 Å². The molecule has 0 aromatic carbocycles. The third kappa shape index (κ3) is 1.85. The van der Waals surface area contributed by atoms with E-state index in [0.717, 1.165) is 17.5 Å². The number of halogens is 3. The number of carbonyl (C=O) groups excluding carboxylic acids is 1. The lowest BCUT2D eigenvalue weighted by Gasteiger charge is -2.04. The van der Waals surface area contributed by atoms with Crippen molar-refractivity contribution in [2.24, 2.45) is 0 Å². The molecule has 0 saturated carbocycles. The molecule has 2 rings (SSSR count). The molecule has 7 heteroatoms. The first-order valence-corrected chi connectivity index (χ1v) is 5.05. The highest BCUT2D eigenvalue weighted by Gasteiger charge is 2.35. The minimum Gasteiger partial charge on any atom is -0.297 e. The Labute approximate surface area is 91.9 Å². The third-order valence-corrected chi connectivity index (χ3v) is 2.83. The van der Waals surface area contributed by atoms with Gasteiger partial charge < -0.3 is 0 Å². The lowest BCUT2D eigenvalue weighted by Crippen LogP contribution is -2.04. The van der Waals surface area contributed by atoms with Crippen LogP contribution in [-0.2, 0) is 6.18 Å². The second-order valence-electron chi connectivity index (χ2n) is 3.01. The molecule has 0 amide bonds. The molecule has 0 unspecified atom stereocenters. The summed E-state index contributed by atoms with van der Waals surface area (Å²) in [6, 6.07) is 1.39. The monoisotopic (exact) mass is 246 g/mol. The molecule has 0 radical (unpaired) electrons. The van der Waals surface area contributed by atoms with Crippen LogP contribution in [0.4, 0.5) is 13.2 Å². The number of carbonyl (C=O) groups is 1. The van der Waals surface area contributed by atoms with E-state index in [9.17, 15) is 18.0 Å². The van der Waals surface area contributed by atoms with E-state index in [1.165, 1.54) is 11.4 Å². The normalized spacial score (nSPS) is 11.7. The van der Waals surface area contributed by atoms with Crippen LogP contribution in [0.25, 0.3) is 11.3 Å². The summed E-state index contributed by atoms with van der Waals surface area (Å²) in [6.07, 6.45) is -3.13. The van der Waals surface area contributed by atoms with Crippen molar-refractivity contribution < 1.29 is 18.0 Å². The fraction of sp³-hybridized carbons (Fsp3) is 0.111. The topological polar surface area (TPSA) is 45.8 Å². The van der Waals surface area contributed by atoms with Gasteiger partial charge in [0.25, 0.3) is 0 Å². The van der Waals surface area contributed by atoms with Crippen LogP contribution in [0.15, 0.2) is 17.6 Å². The maximum atomic E-state index is 12.5. The molecule has 16 heavy (non-hydrogen) atoms. The summed E-state index contributed by atoms with van der Waals surface area (Å²) in [4.78, 5) is 10.8. The van der Waals surface area contributed by atoms with Gasteiger partial charge in [0.15, 0.2) is 6.29 Å². The number of rotatable bonds is 2. The zero-order valence-corrected chi connectivity index (χ0v) is 8.52. The quantitative estimate of drug-likeness (QED) is 0.828. The maximum absolute atomic E-state index is 12.5. The van der Waals surface area contributed by atoms with Gasteiger partial charge >= 0.3 is 6.18 Å². The highest BCUT2D eigenvalue weighted by atomic mass is 32.1. The van der Waals surface area contributed by atoms with Gasteiger partial charge in [0.1, 0.15) is 5.56 Å². The van der Waals surface area contributed by atoms with Crippen LogP contribution >= 0.6 is 11.3 Å². The zero-order valence-electron chi connectivity index (χ0n) is 7.71. The van der Waals surface area contributed by atoms with E-state index in [2.05, 4.69) is 10.2 Å². The molecule has 84 valence electrons. The van der Waals surface area contributed by atoms with Crippen LogP contribution in [0.2, 0.25) is 0 Å². The standard InChI is InChI=1S/C9H5F3N2OS/c10-9(11,12)7-2-13-14-8(7)5-1-6(3-15)16-4-5/h1-4H,(H,13,14). The predicted molar refractivity (Wildman–Crippen MR) is 52.3 cm³/mol. The number of aromatic amines is 1. The molecular formula is C9H5F3N2OS. The number of hydrogen-bond acceptors (Lipinski definition) is 3. The number of alkyl halides is 3. The molecule has 0 fully saturated rings. The van der Waals surface area contributed by atoms with E-state index in [-0.39, 0.29) is 5.69 Å². The summed E-state index contributed by atoms with van der Waals surface area (Å²) < 4.78 is 37.6. The zero-order chi connectivity index (χ0) is 11.8. The number of thiophene rings is 1. The molecule has 2 heterocycles. The Morgan fingerprint density at radius 1 is 1.44 bits per heavy atom. The van der Waals surface area contributed by atoms with E-state index >= 15 is 0 Å². The summed E-state index contributed by atoms with van der Waals surface area (Å²) >= 11 is 1.08. The van der Waals surface area contributed by atoms with E-state index in [4.69, 9.17) is 0 Å². The highest BCUT2D eigenvalue weighted by Crippen LogP contribution is 2.36. The average molecular weight is 246 g/mol. The summed E-state index contributed by atoms with van der Waals surface area (Å²) in [5.41, 5.74) is -0.628. The van der Waals surface area contributed by atoms with Crippen LogP contribution < -0.4 is 0 Å². The third-order valence-electron chi connectivity index (χ3n) is 1.97. The molecule has 2 aromatic rings. The summed E-state index contributed by atoms with van der Waals surface area (Å²) in [5.74, 6) is 0. The fourth-order valence-electron chi connectivity index (χ4n) is 1.27. The minimum atomic E-state index is -4.45. The van der Waals surface area contributed by atoms with Gasteiger partial charge in [0.2, 0.25) is 0 Å². The average Bonchev–Trinajstić information content (AvgIpc) is 2.84. The van der Waals surface area contributed by atoms with Crippen LogP contribution in [0.3, 0.4) is 0 Å². The Kier molecular flexibility index (Phi) is 2.55. The van der Waals surface area contributed by atoms with E-state index in [0.29, 0.717) is 16.7 Å². The lowest BCUT2D eigenvalue weighted by molar-refractivity contribution is -0.137. The van der Waals surface area contributed by atoms with Gasteiger partial charge in [-0.15, -0.1) is 11.3 Å². The molecule has 0 saturated heterocycles. The molecule has 2 aromatic heterocycles. The highest BCUT2D eigenvalue weighted by molar-refractivity contribution is 7.12. The van der Waals surface area contributed by atoms with Crippen LogP contribution in [0, 0.1) is 0 Å². The number of nitrogens with one attached hydrogen (secondary N) is 1. The number of H-pyrrole nitrogens is 1. The SMILES string of the molecule is O=Cc1cc(-c2[nH]ncc2C(F)(F)F)cs1. The Morgan fingerprint density at radius 2 is 2.19 bits per heavy atom. The molecule has 0 spiro atoms. The van der Waals surface area contributed by atoms with Gasteiger partial charge in [-0.2, -0.15) is 18.3 Å². The first kappa shape index (κ1) is 10.9. The smallest absolute Gasteiger partial charge is 0.297 e. The van der Waals surface area contributed by atoms with E-state index in [1.807, 2.05) is 0 Å². The molecule has 1 N–H and O–H groups in total. The molecule has 0 bridgehead atoms. The van der Waals surface area contributed by atoms with Gasteiger partial charge in [-0.05, 0) is 6.07 Å². The van der Waals surface area contributed by atoms with Crippen molar-refractivity contribution in [1.29, 1.82) is 0 Å². The van der Waals surface area contributed by atoms with Crippen molar-refractivity contribution >= 4 is 17.6 Å². The molecular weight excluding hydrogens is 241 g/mol. The summed E-state index contributed by atoms with van der Waals surface area (Å²) in [5, 5.41) is 7.14. The van der Waals surface area contributed by atoms with E-state index < -0.39 is 11.7 Å². The van der Waals surface area contributed by atoms with Crippen LogP contribution in [0.1, 0.15) is 15.2 Å². The van der Waals surface area contributed by atoms with Crippen molar-refractivity contribution in [3.8, 4) is 11.3 Å². The Hall–Kier alpha value is -1.63. The summed E-state index contributed by atoms with van der Waals surface area (Å²) in [7, 11) is 0. The Bertz CT molecular complexity index is 515. The van der Waals surface area contributed by atoms with Crippen LogP contribution in [0.5, 0.6) is 0 Å². The first-order chi connectivity index (χ1) is 7.52. The van der Waals surface area contributed by atoms with Crippen molar-refractivity contribution in [2.75, 3.05) is 0 Å². The Morgan fingerprint density at radius 3 is 2.75 bits per heavy atom. The minimum absolute atomic E-state index is 0.114. The number of nitrogens with zero attached hydrogens (tertiary/aromatic N) is 1. The van der Waals surface area contributed by atoms with Crippen molar-refractivity contribution in [2.45, 2.75) is 6.18 Å². The number of aldehydes is 1.